The first-order valence-electron chi connectivity index (χ1n) is 12.0. The average Bonchev–Trinajstić information content (AvgIpc) is 2.80. The van der Waals surface area contributed by atoms with Crippen LogP contribution in [0.25, 0.3) is 0 Å². The van der Waals surface area contributed by atoms with Gasteiger partial charge in [0, 0.05) is 28.9 Å². The first kappa shape index (κ1) is 26.4. The van der Waals surface area contributed by atoms with Crippen molar-refractivity contribution in [3.05, 3.63) is 52.6 Å². The lowest BCUT2D eigenvalue weighted by atomic mass is 9.80. The van der Waals surface area contributed by atoms with Gasteiger partial charge in [-0.1, -0.05) is 26.3 Å². The Morgan fingerprint density at radius 1 is 1.03 bits per heavy atom. The third kappa shape index (κ3) is 7.34. The van der Waals surface area contributed by atoms with Crippen molar-refractivity contribution in [3.8, 4) is 5.75 Å². The number of aryl methyl sites for hydroxylation is 2. The highest BCUT2D eigenvalue weighted by atomic mass is 16.5. The number of carbonyl (C=O) groups excluding carboxylic acids is 2. The van der Waals surface area contributed by atoms with Crippen LogP contribution in [0.2, 0.25) is 0 Å². The standard InChI is InChI=1S/C17H25NO2.C11H15NO/c1-4-13-6-8-14(9-7-13)17(19)18-15-10-5-12(2)16(11-15)20-3;1-4-10-7(2)5-9(12)6-11(10)8(3)13/h5,10-11,13-14H,4,6-9H2,1-3H3,(H,18,19);5-6H,4,12H2,1-3H3. The highest BCUT2D eigenvalue weighted by Crippen LogP contribution is 2.31. The molecule has 3 N–H and O–H groups in total. The van der Waals surface area contributed by atoms with Crippen LogP contribution in [0, 0.1) is 25.7 Å². The van der Waals surface area contributed by atoms with E-state index in [1.807, 2.05) is 45.0 Å². The molecule has 1 saturated carbocycles. The number of nitrogen functional groups attached to an aromatic ring is 1. The van der Waals surface area contributed by atoms with Crippen molar-refractivity contribution in [2.45, 2.75) is 73.1 Å². The molecule has 5 nitrogen and oxygen atoms in total. The van der Waals surface area contributed by atoms with E-state index in [0.29, 0.717) is 5.69 Å². The predicted molar refractivity (Wildman–Crippen MR) is 137 cm³/mol. The van der Waals surface area contributed by atoms with Crippen LogP contribution in [0.4, 0.5) is 11.4 Å². The molecule has 1 aliphatic rings. The quantitative estimate of drug-likeness (QED) is 0.387. The average molecular weight is 453 g/mol. The van der Waals surface area contributed by atoms with Gasteiger partial charge in [-0.05, 0) is 93.7 Å². The second-order valence-corrected chi connectivity index (χ2v) is 9.07. The summed E-state index contributed by atoms with van der Waals surface area (Å²) in [6.07, 6.45) is 6.53. The number of amides is 1. The molecular weight excluding hydrogens is 412 g/mol. The highest BCUT2D eigenvalue weighted by Gasteiger charge is 2.25. The van der Waals surface area contributed by atoms with Crippen molar-refractivity contribution in [1.29, 1.82) is 0 Å². The van der Waals surface area contributed by atoms with Gasteiger partial charge in [0.15, 0.2) is 5.78 Å². The van der Waals surface area contributed by atoms with Crippen LogP contribution in [0.15, 0.2) is 30.3 Å². The number of nitrogens with two attached hydrogens (primary N) is 1. The molecule has 0 heterocycles. The van der Waals surface area contributed by atoms with E-state index in [1.165, 1.54) is 19.3 Å². The van der Waals surface area contributed by atoms with Crippen molar-refractivity contribution in [2.24, 2.45) is 11.8 Å². The van der Waals surface area contributed by atoms with Gasteiger partial charge >= 0.3 is 0 Å². The number of hydrogen-bond donors (Lipinski definition) is 2. The summed E-state index contributed by atoms with van der Waals surface area (Å²) >= 11 is 0. The first-order chi connectivity index (χ1) is 15.7. The summed E-state index contributed by atoms with van der Waals surface area (Å²) < 4.78 is 5.29. The lowest BCUT2D eigenvalue weighted by Crippen LogP contribution is -2.27. The molecule has 0 atom stereocenters. The number of anilines is 2. The highest BCUT2D eigenvalue weighted by molar-refractivity contribution is 5.96. The summed E-state index contributed by atoms with van der Waals surface area (Å²) in [4.78, 5) is 23.6. The van der Waals surface area contributed by atoms with E-state index in [1.54, 1.807) is 20.1 Å². The molecule has 1 amide bonds. The van der Waals surface area contributed by atoms with Crippen LogP contribution >= 0.6 is 0 Å². The molecule has 5 heteroatoms. The minimum Gasteiger partial charge on any atom is -0.496 e. The summed E-state index contributed by atoms with van der Waals surface area (Å²) in [6, 6.07) is 9.47. The number of rotatable bonds is 6. The second-order valence-electron chi connectivity index (χ2n) is 9.07. The number of benzene rings is 2. The van der Waals surface area contributed by atoms with Crippen LogP contribution in [0.3, 0.4) is 0 Å². The Balaban J connectivity index is 0.000000257. The van der Waals surface area contributed by atoms with Crippen molar-refractivity contribution in [2.75, 3.05) is 18.2 Å². The van der Waals surface area contributed by atoms with Gasteiger partial charge in [0.1, 0.15) is 5.75 Å². The summed E-state index contributed by atoms with van der Waals surface area (Å²) in [5, 5.41) is 3.03. The van der Waals surface area contributed by atoms with Gasteiger partial charge in [-0.3, -0.25) is 9.59 Å². The number of hydrogen-bond acceptors (Lipinski definition) is 4. The number of ketones is 1. The Kier molecular flexibility index (Phi) is 9.95. The van der Waals surface area contributed by atoms with Crippen LogP contribution in [0.5, 0.6) is 5.75 Å². The molecule has 1 aliphatic carbocycles. The maximum Gasteiger partial charge on any atom is 0.227 e. The maximum absolute atomic E-state index is 12.3. The Labute approximate surface area is 199 Å². The molecule has 1 fully saturated rings. The van der Waals surface area contributed by atoms with Gasteiger partial charge in [-0.25, -0.2) is 0 Å². The molecule has 3 rings (SSSR count). The number of Topliss-reactive ketones (excluding diaryl/α,β-unsaturated/α-hetero) is 1. The predicted octanol–water partition coefficient (Wildman–Crippen LogP) is 6.50. The van der Waals surface area contributed by atoms with E-state index in [4.69, 9.17) is 10.5 Å². The molecule has 2 aromatic rings. The molecule has 2 aromatic carbocycles. The lowest BCUT2D eigenvalue weighted by Gasteiger charge is -2.27. The topological polar surface area (TPSA) is 81.4 Å². The number of methoxy groups -OCH3 is 1. The fraction of sp³-hybridized carbons (Fsp3) is 0.500. The lowest BCUT2D eigenvalue weighted by molar-refractivity contribution is -0.121. The van der Waals surface area contributed by atoms with E-state index in [9.17, 15) is 9.59 Å². The van der Waals surface area contributed by atoms with Crippen LogP contribution < -0.4 is 15.8 Å². The fourth-order valence-electron chi connectivity index (χ4n) is 4.60. The van der Waals surface area contributed by atoms with E-state index in [0.717, 1.165) is 58.9 Å². The Bertz CT molecular complexity index is 960. The van der Waals surface area contributed by atoms with Gasteiger partial charge in [-0.15, -0.1) is 0 Å². The van der Waals surface area contributed by atoms with Crippen LogP contribution in [-0.2, 0) is 11.2 Å². The van der Waals surface area contributed by atoms with Crippen molar-refractivity contribution in [3.63, 3.8) is 0 Å². The first-order valence-corrected chi connectivity index (χ1v) is 12.0. The molecule has 0 aromatic heterocycles. The maximum atomic E-state index is 12.3. The molecule has 0 spiro atoms. The summed E-state index contributed by atoms with van der Waals surface area (Å²) in [5.41, 5.74) is 11.2. The molecule has 0 radical (unpaired) electrons. The number of ether oxygens (including phenoxy) is 1. The summed E-state index contributed by atoms with van der Waals surface area (Å²) in [6.45, 7) is 9.85. The molecule has 33 heavy (non-hydrogen) atoms. The van der Waals surface area contributed by atoms with Crippen molar-refractivity contribution >= 4 is 23.1 Å². The second kappa shape index (κ2) is 12.4. The Morgan fingerprint density at radius 3 is 2.24 bits per heavy atom. The van der Waals surface area contributed by atoms with Gasteiger partial charge in [0.05, 0.1) is 7.11 Å². The summed E-state index contributed by atoms with van der Waals surface area (Å²) in [7, 11) is 1.65. The van der Waals surface area contributed by atoms with Gasteiger partial charge < -0.3 is 15.8 Å². The normalized spacial score (nSPS) is 17.5. The minimum atomic E-state index is 0.0900. The van der Waals surface area contributed by atoms with Crippen LogP contribution in [0.1, 0.15) is 79.9 Å². The minimum absolute atomic E-state index is 0.0900. The monoisotopic (exact) mass is 452 g/mol. The van der Waals surface area contributed by atoms with E-state index >= 15 is 0 Å². The van der Waals surface area contributed by atoms with Crippen molar-refractivity contribution in [1.82, 2.24) is 0 Å². The zero-order valence-electron chi connectivity index (χ0n) is 21.1. The van der Waals surface area contributed by atoms with E-state index in [2.05, 4.69) is 12.2 Å². The zero-order valence-corrected chi connectivity index (χ0v) is 21.1. The van der Waals surface area contributed by atoms with Gasteiger partial charge in [0.2, 0.25) is 5.91 Å². The van der Waals surface area contributed by atoms with Gasteiger partial charge in [0.25, 0.3) is 0 Å². The Morgan fingerprint density at radius 2 is 1.70 bits per heavy atom. The molecule has 0 saturated heterocycles. The largest absolute Gasteiger partial charge is 0.496 e. The number of nitrogens with one attached hydrogen (secondary N) is 1. The molecule has 0 unspecified atom stereocenters. The molecular formula is C28H40N2O3. The molecule has 0 bridgehead atoms. The number of carbonyl (C=O) groups is 2. The smallest absolute Gasteiger partial charge is 0.227 e. The van der Waals surface area contributed by atoms with Crippen LogP contribution in [-0.4, -0.2) is 18.8 Å². The summed E-state index contributed by atoms with van der Waals surface area (Å²) in [5.74, 6) is 2.05. The van der Waals surface area contributed by atoms with E-state index < -0.39 is 0 Å². The Hall–Kier alpha value is -2.82. The fourth-order valence-corrected chi connectivity index (χ4v) is 4.60. The zero-order chi connectivity index (χ0) is 24.5. The molecule has 0 aliphatic heterocycles. The van der Waals surface area contributed by atoms with Gasteiger partial charge in [-0.2, -0.15) is 0 Å². The molecule has 180 valence electrons. The third-order valence-electron chi connectivity index (χ3n) is 6.70. The third-order valence-corrected chi connectivity index (χ3v) is 6.70. The van der Waals surface area contributed by atoms with E-state index in [-0.39, 0.29) is 17.6 Å². The SMILES string of the molecule is CCC1CCC(C(=O)Nc2ccc(C)c(OC)c2)CC1.CCc1c(C)cc(N)cc1C(C)=O. The van der Waals surface area contributed by atoms with Crippen molar-refractivity contribution < 1.29 is 14.3 Å².